The van der Waals surface area contributed by atoms with Gasteiger partial charge in [-0.05, 0) is 40.2 Å². The van der Waals surface area contributed by atoms with E-state index in [1.807, 2.05) is 45.9 Å². The van der Waals surface area contributed by atoms with Crippen LogP contribution in [0.15, 0.2) is 30.3 Å². The Morgan fingerprint density at radius 1 is 1.12 bits per heavy atom. The van der Waals surface area contributed by atoms with Gasteiger partial charge in [0.2, 0.25) is 0 Å². The Morgan fingerprint density at radius 3 is 2.19 bits per heavy atom. The summed E-state index contributed by atoms with van der Waals surface area (Å²) < 4.78 is 5.81. The number of amides is 1. The Morgan fingerprint density at radius 2 is 1.65 bits per heavy atom. The third kappa shape index (κ3) is 3.21. The minimum absolute atomic E-state index is 0.0219. The summed E-state index contributed by atoms with van der Waals surface area (Å²) in [5.74, 6) is 0. The summed E-state index contributed by atoms with van der Waals surface area (Å²) >= 11 is 0. The van der Waals surface area contributed by atoms with Gasteiger partial charge < -0.3 is 20.3 Å². The van der Waals surface area contributed by atoms with Crippen LogP contribution in [0.4, 0.5) is 4.79 Å². The van der Waals surface area contributed by atoms with Gasteiger partial charge in [-0.1, -0.05) is 30.3 Å². The summed E-state index contributed by atoms with van der Waals surface area (Å²) in [7, 11) is 0. The van der Waals surface area contributed by atoms with Crippen molar-refractivity contribution in [3.05, 3.63) is 35.9 Å². The normalized spacial score (nSPS) is 30.3. The second-order valence-electron chi connectivity index (χ2n) is 9.17. The molecule has 144 valence electrons. The second kappa shape index (κ2) is 5.94. The molecule has 1 spiro atoms. The van der Waals surface area contributed by atoms with Crippen LogP contribution in [0.3, 0.4) is 0 Å². The van der Waals surface area contributed by atoms with Crippen molar-refractivity contribution in [3.8, 4) is 0 Å². The Labute approximate surface area is 155 Å². The van der Waals surface area contributed by atoms with Crippen LogP contribution in [0.5, 0.6) is 0 Å². The molecule has 3 rings (SSSR count). The summed E-state index contributed by atoms with van der Waals surface area (Å²) in [5.41, 5.74) is -2.46. The SMILES string of the molecule is CC1(C)CC2(CC(C)(C)N1)OC(=O)N(C[C@@H](O)c1ccccc1)[C@]2(C)O. The average molecular weight is 362 g/mol. The molecule has 0 radical (unpaired) electrons. The van der Waals surface area contributed by atoms with Gasteiger partial charge in [0.05, 0.1) is 12.6 Å². The molecule has 26 heavy (non-hydrogen) atoms. The molecule has 1 aromatic rings. The monoisotopic (exact) mass is 362 g/mol. The molecule has 0 aliphatic carbocycles. The lowest BCUT2D eigenvalue weighted by Crippen LogP contribution is -2.70. The molecule has 6 nitrogen and oxygen atoms in total. The van der Waals surface area contributed by atoms with Gasteiger partial charge in [-0.15, -0.1) is 0 Å². The van der Waals surface area contributed by atoms with Crippen molar-refractivity contribution in [1.29, 1.82) is 0 Å². The van der Waals surface area contributed by atoms with Crippen LogP contribution in [0.2, 0.25) is 0 Å². The third-order valence-corrected chi connectivity index (χ3v) is 5.56. The third-order valence-electron chi connectivity index (χ3n) is 5.56. The number of nitrogens with zero attached hydrogens (tertiary/aromatic N) is 1. The summed E-state index contributed by atoms with van der Waals surface area (Å²) in [5, 5.41) is 25.5. The molecule has 0 aromatic heterocycles. The highest BCUT2D eigenvalue weighted by Gasteiger charge is 2.66. The zero-order valence-electron chi connectivity index (χ0n) is 16.2. The first-order valence-electron chi connectivity index (χ1n) is 9.13. The lowest BCUT2D eigenvalue weighted by Gasteiger charge is -2.54. The molecule has 3 N–H and O–H groups in total. The van der Waals surface area contributed by atoms with Gasteiger partial charge in [0.15, 0.2) is 11.3 Å². The molecule has 0 unspecified atom stereocenters. The first kappa shape index (κ1) is 19.1. The summed E-state index contributed by atoms with van der Waals surface area (Å²) in [6, 6.07) is 9.13. The molecule has 1 amide bonds. The van der Waals surface area contributed by atoms with Gasteiger partial charge in [-0.2, -0.15) is 0 Å². The maximum atomic E-state index is 12.7. The standard InChI is InChI=1S/C20H30N2O4/c1-17(2)12-20(13-18(3,4)21-17)19(5,25)22(16(24)26-20)11-15(23)14-9-7-6-8-10-14/h6-10,15,21,23,25H,11-13H2,1-5H3/t15-,19-/m1/s1. The number of carbonyl (C=O) groups excluding carboxylic acids is 1. The van der Waals surface area contributed by atoms with E-state index in [9.17, 15) is 15.0 Å². The summed E-state index contributed by atoms with van der Waals surface area (Å²) in [6.07, 6.45) is -0.508. The van der Waals surface area contributed by atoms with Crippen LogP contribution < -0.4 is 5.32 Å². The number of aliphatic hydroxyl groups excluding tert-OH is 1. The molecular formula is C20H30N2O4. The van der Waals surface area contributed by atoms with Crippen LogP contribution >= 0.6 is 0 Å². The van der Waals surface area contributed by atoms with Crippen LogP contribution in [0.1, 0.15) is 59.1 Å². The maximum Gasteiger partial charge on any atom is 0.413 e. The molecule has 2 fully saturated rings. The van der Waals surface area contributed by atoms with Gasteiger partial charge in [0.25, 0.3) is 0 Å². The van der Waals surface area contributed by atoms with Crippen molar-refractivity contribution in [2.45, 2.75) is 76.0 Å². The molecular weight excluding hydrogens is 332 g/mol. The number of benzene rings is 1. The number of carbonyl (C=O) groups is 1. The topological polar surface area (TPSA) is 82.0 Å². The highest BCUT2D eigenvalue weighted by atomic mass is 16.6. The fourth-order valence-corrected chi connectivity index (χ4v) is 4.85. The molecule has 2 aliphatic rings. The van der Waals surface area contributed by atoms with E-state index < -0.39 is 23.5 Å². The number of ether oxygens (including phenoxy) is 1. The van der Waals surface area contributed by atoms with Gasteiger partial charge in [-0.25, -0.2) is 4.79 Å². The van der Waals surface area contributed by atoms with Crippen molar-refractivity contribution in [2.75, 3.05) is 6.54 Å². The first-order chi connectivity index (χ1) is 11.9. The van der Waals surface area contributed by atoms with E-state index in [-0.39, 0.29) is 17.6 Å². The van der Waals surface area contributed by atoms with E-state index in [1.54, 1.807) is 19.1 Å². The largest absolute Gasteiger partial charge is 0.437 e. The van der Waals surface area contributed by atoms with Crippen LogP contribution in [-0.4, -0.2) is 50.2 Å². The van der Waals surface area contributed by atoms with E-state index in [0.717, 1.165) is 0 Å². The quantitative estimate of drug-likeness (QED) is 0.770. The number of aliphatic hydroxyl groups is 2. The number of hydrogen-bond donors (Lipinski definition) is 3. The summed E-state index contributed by atoms with van der Waals surface area (Å²) in [4.78, 5) is 13.9. The molecule has 0 saturated carbocycles. The Kier molecular flexibility index (Phi) is 4.37. The van der Waals surface area contributed by atoms with E-state index in [0.29, 0.717) is 18.4 Å². The van der Waals surface area contributed by atoms with Gasteiger partial charge in [0, 0.05) is 23.9 Å². The van der Waals surface area contributed by atoms with Crippen molar-refractivity contribution in [3.63, 3.8) is 0 Å². The first-order valence-corrected chi connectivity index (χ1v) is 9.13. The molecule has 2 heterocycles. The molecule has 1 aromatic carbocycles. The van der Waals surface area contributed by atoms with Gasteiger partial charge >= 0.3 is 6.09 Å². The van der Waals surface area contributed by atoms with Gasteiger partial charge in [-0.3, -0.25) is 4.90 Å². The predicted molar refractivity (Wildman–Crippen MR) is 98.5 cm³/mol. The highest BCUT2D eigenvalue weighted by molar-refractivity contribution is 5.72. The fourth-order valence-electron chi connectivity index (χ4n) is 4.85. The predicted octanol–water partition coefficient (Wildman–Crippen LogP) is 2.56. The smallest absolute Gasteiger partial charge is 0.413 e. The van der Waals surface area contributed by atoms with Crippen LogP contribution in [-0.2, 0) is 4.74 Å². The molecule has 2 atom stereocenters. The summed E-state index contributed by atoms with van der Waals surface area (Å²) in [6.45, 7) is 9.77. The zero-order valence-corrected chi connectivity index (χ0v) is 16.2. The number of rotatable bonds is 3. The number of piperidine rings is 1. The average Bonchev–Trinajstić information content (AvgIpc) is 2.64. The minimum atomic E-state index is -1.52. The zero-order chi connectivity index (χ0) is 19.4. The lowest BCUT2D eigenvalue weighted by atomic mass is 9.68. The molecule has 2 aliphatic heterocycles. The van der Waals surface area contributed by atoms with Crippen molar-refractivity contribution in [2.24, 2.45) is 0 Å². The molecule has 0 bridgehead atoms. The number of nitrogens with one attached hydrogen (secondary N) is 1. The maximum absolute atomic E-state index is 12.7. The second-order valence-corrected chi connectivity index (χ2v) is 9.17. The number of hydrogen-bond acceptors (Lipinski definition) is 5. The van der Waals surface area contributed by atoms with E-state index in [4.69, 9.17) is 4.74 Å². The number of β-amino-alcohol motifs (C(OH)–C–C–N with tert-alkyl or cyclic N) is 1. The Balaban J connectivity index is 1.89. The Bertz CT molecular complexity index is 668. The van der Waals surface area contributed by atoms with E-state index >= 15 is 0 Å². The highest BCUT2D eigenvalue weighted by Crippen LogP contribution is 2.50. The van der Waals surface area contributed by atoms with E-state index in [1.165, 1.54) is 4.90 Å². The van der Waals surface area contributed by atoms with Crippen LogP contribution in [0.25, 0.3) is 0 Å². The minimum Gasteiger partial charge on any atom is -0.437 e. The van der Waals surface area contributed by atoms with Crippen LogP contribution in [0, 0.1) is 0 Å². The van der Waals surface area contributed by atoms with E-state index in [2.05, 4.69) is 5.32 Å². The van der Waals surface area contributed by atoms with Gasteiger partial charge in [0.1, 0.15) is 0 Å². The van der Waals surface area contributed by atoms with Crippen molar-refractivity contribution < 1.29 is 19.7 Å². The van der Waals surface area contributed by atoms with Crippen molar-refractivity contribution in [1.82, 2.24) is 10.2 Å². The molecule has 2 saturated heterocycles. The molecule has 6 heteroatoms. The van der Waals surface area contributed by atoms with Crippen molar-refractivity contribution >= 4 is 6.09 Å². The fraction of sp³-hybridized carbons (Fsp3) is 0.650. The Hall–Kier alpha value is -1.63. The lowest BCUT2D eigenvalue weighted by molar-refractivity contribution is -0.183.